The molecule has 0 saturated carbocycles. The minimum absolute atomic E-state index is 0.0204. The second-order valence-electron chi connectivity index (χ2n) is 4.28. The van der Waals surface area contributed by atoms with E-state index in [-0.39, 0.29) is 11.4 Å². The molecular formula is C14H11BrF3N3OS. The first-order valence-electron chi connectivity index (χ1n) is 6.46. The Morgan fingerprint density at radius 3 is 2.70 bits per heavy atom. The van der Waals surface area contributed by atoms with Crippen LogP contribution in [0.25, 0.3) is 0 Å². The van der Waals surface area contributed by atoms with Crippen molar-refractivity contribution in [1.29, 1.82) is 0 Å². The highest BCUT2D eigenvalue weighted by molar-refractivity contribution is 9.10. The van der Waals surface area contributed by atoms with Gasteiger partial charge >= 0.3 is 6.18 Å². The fraction of sp³-hybridized carbons (Fsp3) is 0.214. The number of nitrogens with zero attached hydrogens (tertiary/aromatic N) is 2. The molecule has 1 aromatic carbocycles. The molecule has 0 spiro atoms. The number of rotatable bonds is 4. The van der Waals surface area contributed by atoms with Gasteiger partial charge in [0.25, 0.3) is 5.91 Å². The Kier molecular flexibility index (Phi) is 5.64. The molecule has 0 aliphatic heterocycles. The molecule has 1 heterocycles. The van der Waals surface area contributed by atoms with Crippen molar-refractivity contribution >= 4 is 39.3 Å². The Morgan fingerprint density at radius 2 is 2.04 bits per heavy atom. The molecule has 0 bridgehead atoms. The third-order valence-electron chi connectivity index (χ3n) is 2.69. The summed E-state index contributed by atoms with van der Waals surface area (Å²) >= 11 is 4.46. The van der Waals surface area contributed by atoms with Crippen LogP contribution >= 0.6 is 27.7 Å². The zero-order valence-corrected chi connectivity index (χ0v) is 14.2. The lowest BCUT2D eigenvalue weighted by Crippen LogP contribution is -2.18. The Hall–Kier alpha value is -1.61. The maximum absolute atomic E-state index is 13.0. The van der Waals surface area contributed by atoms with Crippen LogP contribution in [0.5, 0.6) is 0 Å². The molecule has 23 heavy (non-hydrogen) atoms. The molecule has 2 rings (SSSR count). The number of benzene rings is 1. The number of nitrogens with one attached hydrogen (secondary N) is 1. The van der Waals surface area contributed by atoms with Gasteiger partial charge in [0, 0.05) is 6.20 Å². The molecular weight excluding hydrogens is 395 g/mol. The number of halogens is 4. The summed E-state index contributed by atoms with van der Waals surface area (Å²) in [7, 11) is 0. The van der Waals surface area contributed by atoms with Crippen LogP contribution in [-0.4, -0.2) is 21.6 Å². The summed E-state index contributed by atoms with van der Waals surface area (Å²) in [5.74, 6) is -0.0338. The molecule has 0 radical (unpaired) electrons. The summed E-state index contributed by atoms with van der Waals surface area (Å²) < 4.78 is 39.2. The maximum Gasteiger partial charge on any atom is 0.418 e. The van der Waals surface area contributed by atoms with Gasteiger partial charge in [0.1, 0.15) is 5.69 Å². The van der Waals surface area contributed by atoms with Gasteiger partial charge in [-0.25, -0.2) is 9.97 Å². The van der Waals surface area contributed by atoms with Crippen LogP contribution < -0.4 is 5.32 Å². The quantitative estimate of drug-likeness (QED) is 0.595. The number of carbonyl (C=O) groups is 1. The zero-order valence-electron chi connectivity index (χ0n) is 11.8. The van der Waals surface area contributed by atoms with Crippen molar-refractivity contribution in [3.8, 4) is 0 Å². The average Bonchev–Trinajstić information content (AvgIpc) is 2.49. The molecule has 0 atom stereocenters. The molecule has 122 valence electrons. The molecule has 4 nitrogen and oxygen atoms in total. The maximum atomic E-state index is 13.0. The van der Waals surface area contributed by atoms with E-state index in [0.29, 0.717) is 15.4 Å². The van der Waals surface area contributed by atoms with Gasteiger partial charge in [-0.15, -0.1) is 0 Å². The van der Waals surface area contributed by atoms with Crippen LogP contribution in [0.4, 0.5) is 18.9 Å². The molecule has 1 N–H and O–H groups in total. The van der Waals surface area contributed by atoms with Gasteiger partial charge in [0.15, 0.2) is 5.16 Å². The average molecular weight is 406 g/mol. The van der Waals surface area contributed by atoms with Crippen LogP contribution in [0.1, 0.15) is 23.0 Å². The summed E-state index contributed by atoms with van der Waals surface area (Å²) in [6.45, 7) is 1.90. The van der Waals surface area contributed by atoms with Gasteiger partial charge in [0.2, 0.25) is 0 Å². The standard InChI is InChI=1S/C14H11BrF3N3OS/c1-2-23-13-19-7-9(15)11(21-13)12(22)20-10-6-4-3-5-8(10)14(16,17)18/h3-7H,2H2,1H3,(H,20,22). The predicted molar refractivity (Wildman–Crippen MR) is 85.5 cm³/mol. The van der Waals surface area contributed by atoms with Crippen LogP contribution in [0.3, 0.4) is 0 Å². The van der Waals surface area contributed by atoms with E-state index in [0.717, 1.165) is 6.07 Å². The molecule has 9 heteroatoms. The Balaban J connectivity index is 2.32. The SMILES string of the molecule is CCSc1ncc(Br)c(C(=O)Nc2ccccc2C(F)(F)F)n1. The van der Waals surface area contributed by atoms with Crippen molar-refractivity contribution in [2.45, 2.75) is 18.3 Å². The van der Waals surface area contributed by atoms with Crippen molar-refractivity contribution in [3.05, 3.63) is 46.2 Å². The second-order valence-corrected chi connectivity index (χ2v) is 6.37. The number of anilines is 1. The molecule has 2 aromatic rings. The minimum Gasteiger partial charge on any atom is -0.320 e. The van der Waals surface area contributed by atoms with E-state index in [1.807, 2.05) is 6.92 Å². The number of amides is 1. The van der Waals surface area contributed by atoms with Crippen molar-refractivity contribution in [2.75, 3.05) is 11.1 Å². The van der Waals surface area contributed by atoms with Gasteiger partial charge in [-0.2, -0.15) is 13.2 Å². The third-order valence-corrected chi connectivity index (χ3v) is 4.02. The van der Waals surface area contributed by atoms with E-state index in [4.69, 9.17) is 0 Å². The monoisotopic (exact) mass is 405 g/mol. The van der Waals surface area contributed by atoms with Crippen molar-refractivity contribution in [2.24, 2.45) is 0 Å². The molecule has 0 aliphatic carbocycles. The number of carbonyl (C=O) groups excluding carboxylic acids is 1. The van der Waals surface area contributed by atoms with Crippen molar-refractivity contribution in [1.82, 2.24) is 9.97 Å². The highest BCUT2D eigenvalue weighted by atomic mass is 79.9. The molecule has 0 fully saturated rings. The van der Waals surface area contributed by atoms with E-state index < -0.39 is 17.6 Å². The van der Waals surface area contributed by atoms with E-state index in [9.17, 15) is 18.0 Å². The van der Waals surface area contributed by atoms with E-state index in [1.54, 1.807) is 0 Å². The first-order chi connectivity index (χ1) is 10.8. The molecule has 0 unspecified atom stereocenters. The predicted octanol–water partition coefficient (Wildman–Crippen LogP) is 4.62. The normalized spacial score (nSPS) is 11.3. The third kappa shape index (κ3) is 4.44. The summed E-state index contributed by atoms with van der Waals surface area (Å²) in [4.78, 5) is 20.3. The van der Waals surface area contributed by atoms with Gasteiger partial charge < -0.3 is 5.32 Å². The summed E-state index contributed by atoms with van der Waals surface area (Å²) in [5.41, 5.74) is -1.25. The Labute approximate surface area is 143 Å². The van der Waals surface area contributed by atoms with Gasteiger partial charge in [0.05, 0.1) is 15.7 Å². The molecule has 1 aromatic heterocycles. The first-order valence-corrected chi connectivity index (χ1v) is 8.23. The van der Waals surface area contributed by atoms with E-state index in [2.05, 4.69) is 31.2 Å². The number of para-hydroxylation sites is 1. The van der Waals surface area contributed by atoms with Gasteiger partial charge in [-0.3, -0.25) is 4.79 Å². The van der Waals surface area contributed by atoms with Crippen molar-refractivity contribution in [3.63, 3.8) is 0 Å². The number of aromatic nitrogens is 2. The van der Waals surface area contributed by atoms with Gasteiger partial charge in [-0.1, -0.05) is 30.8 Å². The lowest BCUT2D eigenvalue weighted by atomic mass is 10.1. The Morgan fingerprint density at radius 1 is 1.35 bits per heavy atom. The minimum atomic E-state index is -4.56. The summed E-state index contributed by atoms with van der Waals surface area (Å²) in [6.07, 6.45) is -3.16. The van der Waals surface area contributed by atoms with Gasteiger partial charge in [-0.05, 0) is 33.8 Å². The summed E-state index contributed by atoms with van der Waals surface area (Å²) in [6, 6.07) is 4.77. The fourth-order valence-corrected chi connectivity index (χ4v) is 2.64. The topological polar surface area (TPSA) is 54.9 Å². The molecule has 0 saturated heterocycles. The number of thioether (sulfide) groups is 1. The first kappa shape index (κ1) is 17.7. The second kappa shape index (κ2) is 7.31. The fourth-order valence-electron chi connectivity index (χ4n) is 1.73. The van der Waals surface area contributed by atoms with E-state index in [1.165, 1.54) is 36.2 Å². The highest BCUT2D eigenvalue weighted by Crippen LogP contribution is 2.34. The number of hydrogen-bond donors (Lipinski definition) is 1. The largest absolute Gasteiger partial charge is 0.418 e. The van der Waals surface area contributed by atoms with E-state index >= 15 is 0 Å². The number of alkyl halides is 3. The Bertz CT molecular complexity index is 725. The van der Waals surface area contributed by atoms with Crippen LogP contribution in [0, 0.1) is 0 Å². The lowest BCUT2D eigenvalue weighted by molar-refractivity contribution is -0.136. The highest BCUT2D eigenvalue weighted by Gasteiger charge is 2.33. The van der Waals surface area contributed by atoms with Crippen LogP contribution in [0.2, 0.25) is 0 Å². The van der Waals surface area contributed by atoms with Crippen LogP contribution in [0.15, 0.2) is 40.1 Å². The van der Waals surface area contributed by atoms with Crippen molar-refractivity contribution < 1.29 is 18.0 Å². The number of hydrogen-bond acceptors (Lipinski definition) is 4. The lowest BCUT2D eigenvalue weighted by Gasteiger charge is -2.13. The zero-order chi connectivity index (χ0) is 17.0. The molecule has 1 amide bonds. The van der Waals surface area contributed by atoms with Crippen LogP contribution in [-0.2, 0) is 6.18 Å². The smallest absolute Gasteiger partial charge is 0.320 e. The summed E-state index contributed by atoms with van der Waals surface area (Å²) in [5, 5.41) is 2.63. The molecule has 0 aliphatic rings.